The molecule has 1 rings (SSSR count). The summed E-state index contributed by atoms with van der Waals surface area (Å²) in [6, 6.07) is 0. The number of hydrogen-bond acceptors (Lipinski definition) is 5. The number of allylic oxidation sites excluding steroid dienone is 3. The molecule has 0 bridgehead atoms. The zero-order chi connectivity index (χ0) is 16.8. The van der Waals surface area contributed by atoms with Crippen LogP contribution in [0.3, 0.4) is 0 Å². The average molecular weight is 308 g/mol. The van der Waals surface area contributed by atoms with Crippen LogP contribution in [0, 0.1) is 0 Å². The van der Waals surface area contributed by atoms with E-state index >= 15 is 0 Å². The van der Waals surface area contributed by atoms with Gasteiger partial charge in [-0.05, 0) is 39.3 Å². The third kappa shape index (κ3) is 6.80. The van der Waals surface area contributed by atoms with Crippen molar-refractivity contribution < 1.29 is 23.9 Å². The number of carbonyl (C=O) groups is 3. The van der Waals surface area contributed by atoms with Gasteiger partial charge in [-0.1, -0.05) is 6.08 Å². The highest BCUT2D eigenvalue weighted by Gasteiger charge is 2.28. The van der Waals surface area contributed by atoms with E-state index < -0.39 is 0 Å². The molecular weight excluding hydrogens is 284 g/mol. The van der Waals surface area contributed by atoms with E-state index in [1.54, 1.807) is 12.2 Å². The van der Waals surface area contributed by atoms with Gasteiger partial charge in [0.15, 0.2) is 11.6 Å². The van der Waals surface area contributed by atoms with Crippen molar-refractivity contribution in [2.45, 2.75) is 58.2 Å². The first-order chi connectivity index (χ1) is 10.2. The third-order valence-corrected chi connectivity index (χ3v) is 3.05. The molecule has 0 heterocycles. The molecule has 0 aliphatic heterocycles. The maximum atomic E-state index is 11.9. The quantitative estimate of drug-likeness (QED) is 0.534. The summed E-state index contributed by atoms with van der Waals surface area (Å²) < 4.78 is 10.2. The van der Waals surface area contributed by atoms with Crippen molar-refractivity contribution in [1.29, 1.82) is 0 Å². The molecule has 1 unspecified atom stereocenters. The molecule has 0 N–H and O–H groups in total. The Kier molecular flexibility index (Phi) is 6.68. The average Bonchev–Trinajstić information content (AvgIpc) is 2.72. The first-order valence-electron chi connectivity index (χ1n) is 7.39. The van der Waals surface area contributed by atoms with Crippen LogP contribution in [-0.4, -0.2) is 36.4 Å². The molecule has 0 saturated carbocycles. The smallest absolute Gasteiger partial charge is 0.305 e. The molecule has 122 valence electrons. The minimum atomic E-state index is -0.325. The second-order valence-electron chi connectivity index (χ2n) is 6.25. The molecule has 5 heteroatoms. The van der Waals surface area contributed by atoms with Crippen LogP contribution in [-0.2, 0) is 23.9 Å². The Hall–Kier alpha value is -1.75. The van der Waals surface area contributed by atoms with Gasteiger partial charge in [0.25, 0.3) is 0 Å². The van der Waals surface area contributed by atoms with Crippen LogP contribution in [0.1, 0.15) is 46.5 Å². The van der Waals surface area contributed by atoms with Crippen LogP contribution < -0.4 is 0 Å². The number of ether oxygens (including phenoxy) is 2. The van der Waals surface area contributed by atoms with E-state index in [4.69, 9.17) is 4.74 Å². The van der Waals surface area contributed by atoms with Crippen molar-refractivity contribution in [2.75, 3.05) is 7.11 Å². The molecular formula is C17H24O5. The van der Waals surface area contributed by atoms with Gasteiger partial charge in [0, 0.05) is 24.8 Å². The maximum Gasteiger partial charge on any atom is 0.305 e. The monoisotopic (exact) mass is 308 g/mol. The van der Waals surface area contributed by atoms with Crippen LogP contribution in [0.4, 0.5) is 0 Å². The Morgan fingerprint density at radius 1 is 1.36 bits per heavy atom. The summed E-state index contributed by atoms with van der Waals surface area (Å²) >= 11 is 0. The number of Topliss-reactive ketones (excluding diaryl/α,β-unsaturated/α-hetero) is 1. The first kappa shape index (κ1) is 18.3. The zero-order valence-electron chi connectivity index (χ0n) is 13.7. The van der Waals surface area contributed by atoms with E-state index in [0.29, 0.717) is 18.4 Å². The summed E-state index contributed by atoms with van der Waals surface area (Å²) in [4.78, 5) is 34.6. The second-order valence-corrected chi connectivity index (χ2v) is 6.25. The lowest BCUT2D eigenvalue weighted by Crippen LogP contribution is -2.25. The Morgan fingerprint density at radius 2 is 2.05 bits per heavy atom. The van der Waals surface area contributed by atoms with Crippen molar-refractivity contribution in [3.05, 3.63) is 23.8 Å². The SMILES string of the molecule is COC(=O)CCC=CC(=O)CC1=CC(OC(C)(C)C)CC1=O. The van der Waals surface area contributed by atoms with E-state index in [1.807, 2.05) is 20.8 Å². The summed E-state index contributed by atoms with van der Waals surface area (Å²) in [6.07, 6.45) is 5.60. The van der Waals surface area contributed by atoms with Gasteiger partial charge in [-0.3, -0.25) is 14.4 Å². The third-order valence-electron chi connectivity index (χ3n) is 3.05. The Balaban J connectivity index is 2.46. The first-order valence-corrected chi connectivity index (χ1v) is 7.39. The summed E-state index contributed by atoms with van der Waals surface area (Å²) in [5, 5.41) is 0. The number of ketones is 2. The minimum Gasteiger partial charge on any atom is -0.469 e. The van der Waals surface area contributed by atoms with Crippen molar-refractivity contribution in [1.82, 2.24) is 0 Å². The Bertz CT molecular complexity index is 494. The fourth-order valence-corrected chi connectivity index (χ4v) is 2.14. The summed E-state index contributed by atoms with van der Waals surface area (Å²) in [5.41, 5.74) is 0.186. The molecule has 0 saturated heterocycles. The van der Waals surface area contributed by atoms with Gasteiger partial charge in [-0.2, -0.15) is 0 Å². The fraction of sp³-hybridized carbons (Fsp3) is 0.588. The fourth-order valence-electron chi connectivity index (χ4n) is 2.14. The standard InChI is InChI=1S/C17H24O5/c1-17(2,3)22-14-10-12(15(19)11-14)9-13(18)7-5-6-8-16(20)21-4/h5,7,10,14H,6,8-9,11H2,1-4H3. The Labute approximate surface area is 131 Å². The highest BCUT2D eigenvalue weighted by Crippen LogP contribution is 2.24. The lowest BCUT2D eigenvalue weighted by Gasteiger charge is -2.23. The predicted octanol–water partition coefficient (Wildman–Crippen LogP) is 2.54. The molecule has 5 nitrogen and oxygen atoms in total. The van der Waals surface area contributed by atoms with Crippen LogP contribution in [0.15, 0.2) is 23.8 Å². The highest BCUT2D eigenvalue weighted by molar-refractivity contribution is 6.05. The van der Waals surface area contributed by atoms with Crippen LogP contribution in [0.5, 0.6) is 0 Å². The van der Waals surface area contributed by atoms with Crippen molar-refractivity contribution in [2.24, 2.45) is 0 Å². The van der Waals surface area contributed by atoms with Crippen molar-refractivity contribution in [3.63, 3.8) is 0 Å². The number of rotatable bonds is 7. The molecule has 1 atom stereocenters. The van der Waals surface area contributed by atoms with E-state index in [9.17, 15) is 14.4 Å². The van der Waals surface area contributed by atoms with Crippen LogP contribution in [0.25, 0.3) is 0 Å². The molecule has 1 aliphatic carbocycles. The van der Waals surface area contributed by atoms with Crippen LogP contribution >= 0.6 is 0 Å². The molecule has 0 aromatic carbocycles. The minimum absolute atomic E-state index is 0.0365. The van der Waals surface area contributed by atoms with Crippen molar-refractivity contribution in [3.8, 4) is 0 Å². The molecule has 0 radical (unpaired) electrons. The van der Waals surface area contributed by atoms with E-state index in [1.165, 1.54) is 13.2 Å². The van der Waals surface area contributed by atoms with Gasteiger partial charge in [-0.15, -0.1) is 0 Å². The number of methoxy groups -OCH3 is 1. The van der Waals surface area contributed by atoms with Gasteiger partial charge in [0.2, 0.25) is 0 Å². The maximum absolute atomic E-state index is 11.9. The van der Waals surface area contributed by atoms with Crippen molar-refractivity contribution >= 4 is 17.5 Å². The molecule has 0 aromatic heterocycles. The number of esters is 1. The summed E-state index contributed by atoms with van der Waals surface area (Å²) in [5.74, 6) is -0.501. The van der Waals surface area contributed by atoms with Crippen LogP contribution in [0.2, 0.25) is 0 Å². The van der Waals surface area contributed by atoms with Gasteiger partial charge in [-0.25, -0.2) is 0 Å². The number of carbonyl (C=O) groups excluding carboxylic acids is 3. The lowest BCUT2D eigenvalue weighted by molar-refractivity contribution is -0.140. The van der Waals surface area contributed by atoms with E-state index in [2.05, 4.69) is 4.74 Å². The highest BCUT2D eigenvalue weighted by atomic mass is 16.5. The van der Waals surface area contributed by atoms with E-state index in [0.717, 1.165) is 0 Å². The van der Waals surface area contributed by atoms with Gasteiger partial charge in [0.05, 0.1) is 18.8 Å². The van der Waals surface area contributed by atoms with Gasteiger partial charge >= 0.3 is 5.97 Å². The largest absolute Gasteiger partial charge is 0.469 e. The van der Waals surface area contributed by atoms with Gasteiger partial charge < -0.3 is 9.47 Å². The molecule has 0 aromatic rings. The molecule has 0 amide bonds. The predicted molar refractivity (Wildman–Crippen MR) is 82.3 cm³/mol. The Morgan fingerprint density at radius 3 is 2.64 bits per heavy atom. The van der Waals surface area contributed by atoms with E-state index in [-0.39, 0.29) is 42.1 Å². The van der Waals surface area contributed by atoms with Gasteiger partial charge in [0.1, 0.15) is 0 Å². The normalized spacial score (nSPS) is 18.6. The molecule has 22 heavy (non-hydrogen) atoms. The molecule has 1 aliphatic rings. The lowest BCUT2D eigenvalue weighted by atomic mass is 10.1. The summed E-state index contributed by atoms with van der Waals surface area (Å²) in [7, 11) is 1.32. The number of hydrogen-bond donors (Lipinski definition) is 0. The summed E-state index contributed by atoms with van der Waals surface area (Å²) in [6.45, 7) is 5.79. The zero-order valence-corrected chi connectivity index (χ0v) is 13.7. The molecule has 0 spiro atoms. The topological polar surface area (TPSA) is 69.7 Å². The molecule has 0 fully saturated rings. The second kappa shape index (κ2) is 8.03.